The quantitative estimate of drug-likeness (QED) is 0.122. The molecule has 0 radical (unpaired) electrons. The van der Waals surface area contributed by atoms with E-state index in [1.165, 1.54) is 120 Å². The van der Waals surface area contributed by atoms with Gasteiger partial charge in [-0.05, 0) is 154 Å². The molecule has 18 aromatic carbocycles. The van der Waals surface area contributed by atoms with E-state index < -0.39 is 0 Å². The van der Waals surface area contributed by atoms with Crippen LogP contribution in [0.3, 0.4) is 0 Å². The van der Waals surface area contributed by atoms with Gasteiger partial charge in [-0.2, -0.15) is 0 Å². The minimum atomic E-state index is 0.694. The number of nitrogens with zero attached hydrogens (tertiary/aromatic N) is 8. The molecule has 0 amide bonds. The predicted octanol–water partition coefficient (Wildman–Crippen LogP) is 29.0. The first-order valence-corrected chi connectivity index (χ1v) is 40.8. The molecule has 0 spiro atoms. The molecule has 0 unspecified atom stereocenters. The van der Waals surface area contributed by atoms with Gasteiger partial charge in [-0.1, -0.05) is 322 Å². The van der Waals surface area contributed by atoms with Crippen molar-refractivity contribution in [3.05, 3.63) is 437 Å². The average molecular weight is 1530 g/mol. The third kappa shape index (κ3) is 12.0. The summed E-state index contributed by atoms with van der Waals surface area (Å²) in [6, 6.07) is 156. The van der Waals surface area contributed by atoms with Crippen molar-refractivity contribution in [3.8, 4) is 113 Å². The maximum atomic E-state index is 5.24. The van der Waals surface area contributed by atoms with Gasteiger partial charge in [-0.25, -0.2) is 19.9 Å². The lowest BCUT2D eigenvalue weighted by Crippen LogP contribution is -1.98. The first-order valence-electron chi connectivity index (χ1n) is 40.8. The van der Waals surface area contributed by atoms with Crippen molar-refractivity contribution in [2.24, 2.45) is 0 Å². The van der Waals surface area contributed by atoms with Crippen molar-refractivity contribution >= 4 is 109 Å². The van der Waals surface area contributed by atoms with Gasteiger partial charge in [0.05, 0.1) is 72.6 Å². The van der Waals surface area contributed by atoms with Crippen molar-refractivity contribution in [2.45, 2.75) is 0 Å². The van der Waals surface area contributed by atoms with Gasteiger partial charge in [0.25, 0.3) is 0 Å². The van der Waals surface area contributed by atoms with Gasteiger partial charge in [-0.3, -0.25) is 0 Å². The topological polar surface area (TPSA) is 71.3 Å². The fraction of sp³-hybridized carbons (Fsp3) is 0. The number of para-hydroxylation sites is 4. The lowest BCUT2D eigenvalue weighted by Gasteiger charge is -2.13. The van der Waals surface area contributed by atoms with E-state index in [1.54, 1.807) is 0 Å². The molecule has 0 saturated heterocycles. The Bertz CT molecular complexity index is 8080. The highest BCUT2D eigenvalue weighted by Crippen LogP contribution is 2.45. The second-order valence-corrected chi connectivity index (χ2v) is 30.8. The summed E-state index contributed by atoms with van der Waals surface area (Å²) < 4.78 is 9.67. The Hall–Kier alpha value is -16.2. The van der Waals surface area contributed by atoms with Gasteiger partial charge >= 0.3 is 0 Å². The summed E-state index contributed by atoms with van der Waals surface area (Å²) >= 11 is 0. The normalized spacial score (nSPS) is 11.7. The minimum Gasteiger partial charge on any atom is -0.309 e. The number of benzene rings is 18. The van der Waals surface area contributed by atoms with Gasteiger partial charge in [0, 0.05) is 98.9 Å². The van der Waals surface area contributed by atoms with Crippen molar-refractivity contribution in [2.75, 3.05) is 0 Å². The Morgan fingerprint density at radius 1 is 0.150 bits per heavy atom. The molecule has 0 aliphatic rings. The van der Waals surface area contributed by atoms with Gasteiger partial charge in [0.1, 0.15) is 0 Å². The lowest BCUT2D eigenvalue weighted by molar-refractivity contribution is 1.16. The summed E-state index contributed by atoms with van der Waals surface area (Å²) in [6.45, 7) is 0. The summed E-state index contributed by atoms with van der Waals surface area (Å²) in [6.07, 6.45) is 0. The highest BCUT2D eigenvalue weighted by Gasteiger charge is 2.24. The molecular formula is C112H72N8. The largest absolute Gasteiger partial charge is 0.309 e. The molecule has 6 aromatic heterocycles. The Kier molecular flexibility index (Phi) is 16.7. The van der Waals surface area contributed by atoms with Crippen LogP contribution in [0.25, 0.3) is 222 Å². The van der Waals surface area contributed by atoms with Crippen molar-refractivity contribution in [1.29, 1.82) is 0 Å². The molecule has 0 atom stereocenters. The standard InChI is InChI=1S/C58H38N4.C54H34N4/c1-4-14-39(15-5-1)41-24-26-45(27-25-41)58-59-52(43-18-8-3-9-19-43)37-53(60-58)44-30-34-47(35-31-44)62-55-23-13-11-21-49(55)51-36-50-48-20-10-12-22-54(48)61(56(50)38-57(51)62)46-32-28-42(29-33-46)40-16-6-2-7-17-40;1-2-16-37(17-3-1)47-33-48(42-24-12-18-35-14-4-6-20-40(35)42)56-54(55-47)38-28-30-39(31-29-38)57-50-25-10-8-22-43(50)45-32-46-44-23-9-11-26-51(44)58(53(46)34-52(45)57)49-27-13-19-36-15-5-7-21-41(36)49/h1-38H;1-34H. The van der Waals surface area contributed by atoms with E-state index in [4.69, 9.17) is 19.9 Å². The zero-order valence-electron chi connectivity index (χ0n) is 65.1. The van der Waals surface area contributed by atoms with E-state index in [0.717, 1.165) is 89.8 Å². The minimum absolute atomic E-state index is 0.694. The molecule has 0 saturated carbocycles. The molecule has 0 bridgehead atoms. The van der Waals surface area contributed by atoms with Crippen LogP contribution in [0.2, 0.25) is 0 Å². The fourth-order valence-corrected chi connectivity index (χ4v) is 18.2. The monoisotopic (exact) mass is 1530 g/mol. The highest BCUT2D eigenvalue weighted by atomic mass is 15.0. The van der Waals surface area contributed by atoms with Crippen molar-refractivity contribution < 1.29 is 0 Å². The summed E-state index contributed by atoms with van der Waals surface area (Å²) in [4.78, 5) is 20.7. The van der Waals surface area contributed by atoms with Gasteiger partial charge < -0.3 is 18.3 Å². The molecule has 560 valence electrons. The van der Waals surface area contributed by atoms with Gasteiger partial charge in [-0.15, -0.1) is 0 Å². The molecule has 24 rings (SSSR count). The molecule has 120 heavy (non-hydrogen) atoms. The summed E-state index contributed by atoms with van der Waals surface area (Å²) in [5.74, 6) is 1.39. The molecule has 8 heteroatoms. The molecule has 24 aromatic rings. The van der Waals surface area contributed by atoms with E-state index in [0.29, 0.717) is 11.6 Å². The third-order valence-corrected chi connectivity index (χ3v) is 23.9. The van der Waals surface area contributed by atoms with Crippen LogP contribution in [0.15, 0.2) is 437 Å². The van der Waals surface area contributed by atoms with E-state index >= 15 is 0 Å². The number of hydrogen-bond donors (Lipinski definition) is 0. The zero-order chi connectivity index (χ0) is 79.1. The van der Waals surface area contributed by atoms with E-state index in [2.05, 4.69) is 437 Å². The number of rotatable bonds is 12. The van der Waals surface area contributed by atoms with Crippen LogP contribution in [-0.2, 0) is 0 Å². The number of fused-ring (bicyclic) bond motifs is 14. The third-order valence-electron chi connectivity index (χ3n) is 23.9. The van der Waals surface area contributed by atoms with Crippen molar-refractivity contribution in [1.82, 2.24) is 38.2 Å². The molecule has 6 heterocycles. The van der Waals surface area contributed by atoms with Crippen molar-refractivity contribution in [3.63, 3.8) is 0 Å². The maximum Gasteiger partial charge on any atom is 0.160 e. The summed E-state index contributed by atoms with van der Waals surface area (Å²) in [7, 11) is 0. The molecular weight excluding hydrogens is 1460 g/mol. The van der Waals surface area contributed by atoms with Crippen LogP contribution in [0.4, 0.5) is 0 Å². The first kappa shape index (κ1) is 69.4. The Labute approximate surface area is 692 Å². The van der Waals surface area contributed by atoms with Crippen LogP contribution in [0, 0.1) is 0 Å². The maximum absolute atomic E-state index is 5.24. The van der Waals surface area contributed by atoms with E-state index in [9.17, 15) is 0 Å². The van der Waals surface area contributed by atoms with Crippen LogP contribution in [0.5, 0.6) is 0 Å². The summed E-state index contributed by atoms with van der Waals surface area (Å²) in [5.41, 5.74) is 28.3. The van der Waals surface area contributed by atoms with Crippen LogP contribution >= 0.6 is 0 Å². The average Bonchev–Trinajstić information content (AvgIpc) is 1.58. The number of hydrogen-bond acceptors (Lipinski definition) is 4. The van der Waals surface area contributed by atoms with Gasteiger partial charge in [0.2, 0.25) is 0 Å². The number of aromatic nitrogens is 8. The Balaban J connectivity index is 0.000000140. The van der Waals surface area contributed by atoms with Gasteiger partial charge in [0.15, 0.2) is 11.6 Å². The fourth-order valence-electron chi connectivity index (χ4n) is 18.2. The Morgan fingerprint density at radius 2 is 0.425 bits per heavy atom. The lowest BCUT2D eigenvalue weighted by atomic mass is 10.0. The molecule has 8 nitrogen and oxygen atoms in total. The molecule has 0 aliphatic carbocycles. The highest BCUT2D eigenvalue weighted by molar-refractivity contribution is 6.21. The molecule has 0 fully saturated rings. The van der Waals surface area contributed by atoms with Crippen LogP contribution < -0.4 is 0 Å². The van der Waals surface area contributed by atoms with Crippen LogP contribution in [0.1, 0.15) is 0 Å². The van der Waals surface area contributed by atoms with Crippen LogP contribution in [-0.4, -0.2) is 38.2 Å². The summed E-state index contributed by atoms with van der Waals surface area (Å²) in [5, 5.41) is 14.7. The zero-order valence-corrected chi connectivity index (χ0v) is 65.1. The Morgan fingerprint density at radius 3 is 0.858 bits per heavy atom. The first-order chi connectivity index (χ1) is 59.5. The second kappa shape index (κ2) is 29.0. The SMILES string of the molecule is c1ccc(-c2cc(-c3cccc4ccccc34)nc(-c3ccc(-n4c5ccccc5c5cc6c7ccccc7n(-c7cccc8ccccc78)c6cc54)cc3)n2)cc1.c1ccc(-c2ccc(-c3nc(-c4ccccc4)cc(-c4ccc(-n5c6ccccc6c6cc7c8ccccc8n(-c8ccc(-c9ccccc9)cc8)c7cc65)cc4)n3)cc2)cc1. The molecule has 0 N–H and O–H groups in total. The van der Waals surface area contributed by atoms with E-state index in [-0.39, 0.29) is 0 Å². The molecule has 0 aliphatic heterocycles. The smallest absolute Gasteiger partial charge is 0.160 e. The predicted molar refractivity (Wildman–Crippen MR) is 500 cm³/mol. The van der Waals surface area contributed by atoms with E-state index in [1.807, 2.05) is 18.2 Å². The second-order valence-electron chi connectivity index (χ2n) is 30.8.